The van der Waals surface area contributed by atoms with E-state index in [2.05, 4.69) is 10.6 Å². The third-order valence-corrected chi connectivity index (χ3v) is 3.39. The van der Waals surface area contributed by atoms with Crippen molar-refractivity contribution in [3.63, 3.8) is 0 Å². The molecule has 7 nitrogen and oxygen atoms in total. The van der Waals surface area contributed by atoms with E-state index >= 15 is 0 Å². The number of nitrogens with zero attached hydrogens (tertiary/aromatic N) is 1. The summed E-state index contributed by atoms with van der Waals surface area (Å²) in [4.78, 5) is 35.5. The monoisotopic (exact) mass is 269 g/mol. The van der Waals surface area contributed by atoms with Crippen LogP contribution in [0.2, 0.25) is 0 Å². The normalized spacial score (nSPS) is 22.1. The summed E-state index contributed by atoms with van der Waals surface area (Å²) in [7, 11) is 0. The number of aliphatic carboxylic acids is 1. The van der Waals surface area contributed by atoms with Gasteiger partial charge in [0.1, 0.15) is 0 Å². The summed E-state index contributed by atoms with van der Waals surface area (Å²) in [6.45, 7) is 0.500. The van der Waals surface area contributed by atoms with Gasteiger partial charge in [-0.1, -0.05) is 0 Å². The lowest BCUT2D eigenvalue weighted by Gasteiger charge is -2.23. The van der Waals surface area contributed by atoms with Gasteiger partial charge in [-0.15, -0.1) is 0 Å². The van der Waals surface area contributed by atoms with Crippen LogP contribution in [0.3, 0.4) is 0 Å². The predicted molar refractivity (Wildman–Crippen MR) is 66.5 cm³/mol. The first-order valence-corrected chi connectivity index (χ1v) is 6.62. The molecular weight excluding hydrogens is 250 g/mol. The lowest BCUT2D eigenvalue weighted by atomic mass is 10.1. The maximum Gasteiger partial charge on any atom is 0.318 e. The fraction of sp³-hybridized carbons (Fsp3) is 0.750. The second-order valence-electron chi connectivity index (χ2n) is 5.09. The number of carboxylic acids is 1. The zero-order chi connectivity index (χ0) is 13.8. The molecule has 1 unspecified atom stereocenters. The minimum atomic E-state index is -0.906. The van der Waals surface area contributed by atoms with Crippen LogP contribution in [0.25, 0.3) is 0 Å². The quantitative estimate of drug-likeness (QED) is 0.649. The van der Waals surface area contributed by atoms with E-state index in [0.29, 0.717) is 13.0 Å². The standard InChI is InChI=1S/C12H19N3O4/c16-10(14-8-3-4-8)7-13-12(19)15-5-1-2-9(15)6-11(17)18/h8-9H,1-7H2,(H,13,19)(H,14,16)(H,17,18). The third-order valence-electron chi connectivity index (χ3n) is 3.39. The molecule has 7 heteroatoms. The summed E-state index contributed by atoms with van der Waals surface area (Å²) >= 11 is 0. The number of carbonyl (C=O) groups excluding carboxylic acids is 2. The van der Waals surface area contributed by atoms with E-state index in [9.17, 15) is 14.4 Å². The Kier molecular flexibility index (Phi) is 4.24. The summed E-state index contributed by atoms with van der Waals surface area (Å²) in [5, 5.41) is 14.1. The predicted octanol–water partition coefficient (Wildman–Crippen LogP) is -0.0863. The van der Waals surface area contributed by atoms with Gasteiger partial charge in [-0.2, -0.15) is 0 Å². The molecule has 3 N–H and O–H groups in total. The van der Waals surface area contributed by atoms with Gasteiger partial charge in [0.2, 0.25) is 5.91 Å². The van der Waals surface area contributed by atoms with Crippen molar-refractivity contribution in [2.75, 3.05) is 13.1 Å². The van der Waals surface area contributed by atoms with Crippen molar-refractivity contribution in [2.24, 2.45) is 0 Å². The van der Waals surface area contributed by atoms with Crippen molar-refractivity contribution < 1.29 is 19.5 Å². The number of urea groups is 1. The van der Waals surface area contributed by atoms with Gasteiger partial charge >= 0.3 is 12.0 Å². The Morgan fingerprint density at radius 1 is 1.21 bits per heavy atom. The highest BCUT2D eigenvalue weighted by atomic mass is 16.4. The van der Waals surface area contributed by atoms with Gasteiger partial charge in [0.25, 0.3) is 0 Å². The molecule has 1 aliphatic heterocycles. The van der Waals surface area contributed by atoms with Crippen LogP contribution < -0.4 is 10.6 Å². The summed E-state index contributed by atoms with van der Waals surface area (Å²) in [5.74, 6) is -1.10. The Bertz CT molecular complexity index is 381. The first-order chi connectivity index (χ1) is 9.06. The van der Waals surface area contributed by atoms with Crippen LogP contribution in [-0.4, -0.2) is 53.1 Å². The van der Waals surface area contributed by atoms with Gasteiger partial charge in [0.15, 0.2) is 0 Å². The molecule has 0 radical (unpaired) electrons. The molecule has 1 saturated carbocycles. The van der Waals surface area contributed by atoms with E-state index in [1.165, 1.54) is 4.90 Å². The van der Waals surface area contributed by atoms with Crippen LogP contribution in [0.15, 0.2) is 0 Å². The number of carboxylic acid groups (broad SMARTS) is 1. The Balaban J connectivity index is 1.74. The van der Waals surface area contributed by atoms with E-state index < -0.39 is 5.97 Å². The molecule has 1 heterocycles. The molecule has 0 aromatic carbocycles. The highest BCUT2D eigenvalue weighted by Gasteiger charge is 2.30. The maximum absolute atomic E-state index is 11.9. The molecule has 0 aromatic rings. The Labute approximate surface area is 111 Å². The minimum absolute atomic E-state index is 0.0400. The smallest absolute Gasteiger partial charge is 0.318 e. The Morgan fingerprint density at radius 2 is 1.95 bits per heavy atom. The minimum Gasteiger partial charge on any atom is -0.481 e. The molecule has 1 saturated heterocycles. The average Bonchev–Trinajstić information content (AvgIpc) is 3.03. The largest absolute Gasteiger partial charge is 0.481 e. The average molecular weight is 269 g/mol. The van der Waals surface area contributed by atoms with Crippen LogP contribution in [0, 0.1) is 0 Å². The number of amides is 3. The number of hydrogen-bond acceptors (Lipinski definition) is 3. The molecule has 0 bridgehead atoms. The van der Waals surface area contributed by atoms with E-state index in [1.54, 1.807) is 0 Å². The zero-order valence-corrected chi connectivity index (χ0v) is 10.7. The maximum atomic E-state index is 11.9. The summed E-state index contributed by atoms with van der Waals surface area (Å²) in [6, 6.07) is -0.338. The Hall–Kier alpha value is -1.79. The third kappa shape index (κ3) is 4.11. The zero-order valence-electron chi connectivity index (χ0n) is 10.7. The summed E-state index contributed by atoms with van der Waals surface area (Å²) < 4.78 is 0. The molecule has 0 aromatic heterocycles. The van der Waals surface area contributed by atoms with E-state index in [0.717, 1.165) is 19.3 Å². The fourth-order valence-electron chi connectivity index (χ4n) is 2.28. The lowest BCUT2D eigenvalue weighted by molar-refractivity contribution is -0.138. The van der Waals surface area contributed by atoms with Crippen molar-refractivity contribution in [1.82, 2.24) is 15.5 Å². The molecule has 3 amide bonds. The number of nitrogens with one attached hydrogen (secondary N) is 2. The Morgan fingerprint density at radius 3 is 2.58 bits per heavy atom. The number of hydrogen-bond donors (Lipinski definition) is 3. The second kappa shape index (κ2) is 5.90. The van der Waals surface area contributed by atoms with E-state index in [4.69, 9.17) is 5.11 Å². The topological polar surface area (TPSA) is 98.7 Å². The molecule has 2 fully saturated rings. The molecule has 1 aliphatic carbocycles. The first kappa shape index (κ1) is 13.6. The van der Waals surface area contributed by atoms with Crippen molar-refractivity contribution >= 4 is 17.9 Å². The lowest BCUT2D eigenvalue weighted by Crippen LogP contribution is -2.47. The summed E-state index contributed by atoms with van der Waals surface area (Å²) in [5.41, 5.74) is 0. The van der Waals surface area contributed by atoms with Gasteiger partial charge in [-0.3, -0.25) is 9.59 Å². The molecule has 2 rings (SSSR count). The van der Waals surface area contributed by atoms with Crippen molar-refractivity contribution in [2.45, 2.75) is 44.2 Å². The molecule has 1 atom stereocenters. The number of carbonyl (C=O) groups is 3. The van der Waals surface area contributed by atoms with Gasteiger partial charge in [-0.25, -0.2) is 4.79 Å². The van der Waals surface area contributed by atoms with Crippen LogP contribution >= 0.6 is 0 Å². The van der Waals surface area contributed by atoms with Crippen LogP contribution in [-0.2, 0) is 9.59 Å². The highest BCUT2D eigenvalue weighted by Crippen LogP contribution is 2.20. The van der Waals surface area contributed by atoms with Crippen molar-refractivity contribution in [3.8, 4) is 0 Å². The molecule has 19 heavy (non-hydrogen) atoms. The van der Waals surface area contributed by atoms with E-state index in [1.807, 2.05) is 0 Å². The summed E-state index contributed by atoms with van der Waals surface area (Å²) in [6.07, 6.45) is 3.48. The van der Waals surface area contributed by atoms with Crippen LogP contribution in [0.1, 0.15) is 32.1 Å². The van der Waals surface area contributed by atoms with Gasteiger partial charge in [0.05, 0.1) is 13.0 Å². The van der Waals surface area contributed by atoms with E-state index in [-0.39, 0.29) is 37.0 Å². The molecule has 106 valence electrons. The van der Waals surface area contributed by atoms with Gasteiger partial charge < -0.3 is 20.6 Å². The fourth-order valence-corrected chi connectivity index (χ4v) is 2.28. The SMILES string of the molecule is O=C(O)CC1CCCN1C(=O)NCC(=O)NC1CC1. The molecule has 0 spiro atoms. The molecule has 2 aliphatic rings. The highest BCUT2D eigenvalue weighted by molar-refractivity contribution is 5.84. The van der Waals surface area contributed by atoms with Gasteiger partial charge in [0, 0.05) is 18.6 Å². The molecular formula is C12H19N3O4. The number of likely N-dealkylation sites (tertiary alicyclic amines) is 1. The van der Waals surface area contributed by atoms with Gasteiger partial charge in [-0.05, 0) is 25.7 Å². The second-order valence-corrected chi connectivity index (χ2v) is 5.09. The first-order valence-electron chi connectivity index (χ1n) is 6.62. The van der Waals surface area contributed by atoms with Crippen molar-refractivity contribution in [1.29, 1.82) is 0 Å². The number of rotatable bonds is 5. The van der Waals surface area contributed by atoms with Crippen molar-refractivity contribution in [3.05, 3.63) is 0 Å². The van der Waals surface area contributed by atoms with Crippen LogP contribution in [0.5, 0.6) is 0 Å². The van der Waals surface area contributed by atoms with Crippen LogP contribution in [0.4, 0.5) is 4.79 Å².